The maximum atomic E-state index is 12.1. The monoisotopic (exact) mass is 347 g/mol. The van der Waals surface area contributed by atoms with E-state index in [2.05, 4.69) is 34.3 Å². The van der Waals surface area contributed by atoms with E-state index in [-0.39, 0.29) is 5.56 Å². The summed E-state index contributed by atoms with van der Waals surface area (Å²) in [4.78, 5) is 23.7. The third kappa shape index (κ3) is 5.01. The SMILES string of the molecule is CCN(Cc1nc2ccccc2c(=O)[nH]1)C(=S)NCCCN(C)C. The minimum atomic E-state index is -0.114. The van der Waals surface area contributed by atoms with Crippen LogP contribution < -0.4 is 10.9 Å². The van der Waals surface area contributed by atoms with Gasteiger partial charge in [0.05, 0.1) is 17.4 Å². The Morgan fingerprint density at radius 3 is 2.79 bits per heavy atom. The van der Waals surface area contributed by atoms with Crippen LogP contribution in [-0.4, -0.2) is 58.6 Å². The number of nitrogens with one attached hydrogen (secondary N) is 2. The van der Waals surface area contributed by atoms with E-state index in [1.165, 1.54) is 0 Å². The van der Waals surface area contributed by atoms with Crippen LogP contribution in [0.5, 0.6) is 0 Å². The molecule has 24 heavy (non-hydrogen) atoms. The lowest BCUT2D eigenvalue weighted by atomic mass is 10.2. The van der Waals surface area contributed by atoms with Gasteiger partial charge in [-0.25, -0.2) is 4.98 Å². The number of nitrogens with zero attached hydrogens (tertiary/aromatic N) is 3. The van der Waals surface area contributed by atoms with E-state index < -0.39 is 0 Å². The number of aromatic nitrogens is 2. The number of thiocarbonyl (C=S) groups is 1. The lowest BCUT2D eigenvalue weighted by molar-refractivity contribution is 0.390. The predicted octanol–water partition coefficient (Wildman–Crippen LogP) is 1.57. The molecule has 0 aliphatic rings. The topological polar surface area (TPSA) is 64.3 Å². The van der Waals surface area contributed by atoms with Crippen molar-refractivity contribution in [3.63, 3.8) is 0 Å². The molecule has 0 unspecified atom stereocenters. The maximum Gasteiger partial charge on any atom is 0.258 e. The molecular weight excluding hydrogens is 322 g/mol. The minimum Gasteiger partial charge on any atom is -0.363 e. The molecule has 2 aromatic rings. The van der Waals surface area contributed by atoms with Crippen molar-refractivity contribution in [3.8, 4) is 0 Å². The van der Waals surface area contributed by atoms with E-state index in [1.807, 2.05) is 30.0 Å². The van der Waals surface area contributed by atoms with Gasteiger partial charge in [-0.1, -0.05) is 12.1 Å². The first kappa shape index (κ1) is 18.4. The molecule has 0 spiro atoms. The average molecular weight is 347 g/mol. The fraction of sp³-hybridized carbons (Fsp3) is 0.471. The summed E-state index contributed by atoms with van der Waals surface area (Å²) in [6.45, 7) is 5.11. The summed E-state index contributed by atoms with van der Waals surface area (Å²) in [6.07, 6.45) is 1.02. The van der Waals surface area contributed by atoms with Gasteiger partial charge >= 0.3 is 0 Å². The molecule has 1 aromatic carbocycles. The van der Waals surface area contributed by atoms with Crippen LogP contribution in [0.25, 0.3) is 10.9 Å². The molecule has 0 saturated carbocycles. The highest BCUT2D eigenvalue weighted by molar-refractivity contribution is 7.80. The van der Waals surface area contributed by atoms with Crippen molar-refractivity contribution in [1.29, 1.82) is 0 Å². The first-order chi connectivity index (χ1) is 11.5. The Morgan fingerprint density at radius 1 is 1.33 bits per heavy atom. The van der Waals surface area contributed by atoms with Crippen molar-refractivity contribution in [1.82, 2.24) is 25.1 Å². The van der Waals surface area contributed by atoms with E-state index in [0.29, 0.717) is 28.4 Å². The van der Waals surface area contributed by atoms with Crippen molar-refractivity contribution in [2.24, 2.45) is 0 Å². The molecule has 2 rings (SSSR count). The van der Waals surface area contributed by atoms with Gasteiger partial charge in [0, 0.05) is 13.1 Å². The molecule has 2 N–H and O–H groups in total. The van der Waals surface area contributed by atoms with Crippen LogP contribution in [0, 0.1) is 0 Å². The molecule has 0 radical (unpaired) electrons. The van der Waals surface area contributed by atoms with Crippen molar-refractivity contribution in [2.45, 2.75) is 19.9 Å². The summed E-state index contributed by atoms with van der Waals surface area (Å²) in [7, 11) is 4.11. The average Bonchev–Trinajstić information content (AvgIpc) is 2.56. The number of fused-ring (bicyclic) bond motifs is 1. The molecule has 0 bridgehead atoms. The number of benzene rings is 1. The Balaban J connectivity index is 2.02. The molecule has 0 saturated heterocycles. The number of aromatic amines is 1. The Hall–Kier alpha value is -1.99. The highest BCUT2D eigenvalue weighted by Crippen LogP contribution is 2.07. The summed E-state index contributed by atoms with van der Waals surface area (Å²) >= 11 is 5.46. The third-order valence-electron chi connectivity index (χ3n) is 3.73. The zero-order chi connectivity index (χ0) is 17.5. The van der Waals surface area contributed by atoms with Gasteiger partial charge in [-0.15, -0.1) is 0 Å². The fourth-order valence-electron chi connectivity index (χ4n) is 2.42. The van der Waals surface area contributed by atoms with E-state index >= 15 is 0 Å². The van der Waals surface area contributed by atoms with Gasteiger partial charge < -0.3 is 20.1 Å². The Labute approximate surface area is 147 Å². The number of hydrogen-bond acceptors (Lipinski definition) is 4. The van der Waals surface area contributed by atoms with Gasteiger partial charge in [0.15, 0.2) is 5.11 Å². The molecule has 0 fully saturated rings. The molecule has 0 aliphatic carbocycles. The van der Waals surface area contributed by atoms with Gasteiger partial charge in [-0.3, -0.25) is 4.79 Å². The van der Waals surface area contributed by atoms with E-state index in [1.54, 1.807) is 6.07 Å². The summed E-state index contributed by atoms with van der Waals surface area (Å²) in [6, 6.07) is 7.35. The van der Waals surface area contributed by atoms with Crippen LogP contribution in [0.3, 0.4) is 0 Å². The van der Waals surface area contributed by atoms with Gasteiger partial charge in [0.1, 0.15) is 5.82 Å². The van der Waals surface area contributed by atoms with E-state index in [0.717, 1.165) is 26.1 Å². The smallest absolute Gasteiger partial charge is 0.258 e. The largest absolute Gasteiger partial charge is 0.363 e. The molecular formula is C17H25N5OS. The Morgan fingerprint density at radius 2 is 2.08 bits per heavy atom. The standard InChI is InChI=1S/C17H25N5OS/c1-4-22(17(24)18-10-7-11-21(2)3)12-15-19-14-9-6-5-8-13(14)16(23)20-15/h5-6,8-9H,4,7,10-12H2,1-3H3,(H,18,24)(H,19,20,23). The Kier molecular flexibility index (Phi) is 6.69. The minimum absolute atomic E-state index is 0.114. The molecule has 6 nitrogen and oxygen atoms in total. The van der Waals surface area contributed by atoms with Crippen LogP contribution >= 0.6 is 12.2 Å². The zero-order valence-corrected chi connectivity index (χ0v) is 15.3. The highest BCUT2D eigenvalue weighted by atomic mass is 32.1. The third-order valence-corrected chi connectivity index (χ3v) is 4.13. The van der Waals surface area contributed by atoms with Gasteiger partial charge in [0.25, 0.3) is 5.56 Å². The summed E-state index contributed by atoms with van der Waals surface area (Å²) < 4.78 is 0. The molecule has 7 heteroatoms. The Bertz CT molecular complexity index is 743. The van der Waals surface area contributed by atoms with Crippen molar-refractivity contribution < 1.29 is 0 Å². The summed E-state index contributed by atoms with van der Waals surface area (Å²) in [5.74, 6) is 0.623. The highest BCUT2D eigenvalue weighted by Gasteiger charge is 2.11. The molecule has 1 aromatic heterocycles. The van der Waals surface area contributed by atoms with Crippen LogP contribution in [0.15, 0.2) is 29.1 Å². The van der Waals surface area contributed by atoms with Crippen LogP contribution in [0.2, 0.25) is 0 Å². The molecule has 0 atom stereocenters. The number of para-hydroxylation sites is 1. The molecule has 130 valence electrons. The number of hydrogen-bond donors (Lipinski definition) is 2. The van der Waals surface area contributed by atoms with Crippen molar-refractivity contribution in [3.05, 3.63) is 40.4 Å². The van der Waals surface area contributed by atoms with Crippen molar-refractivity contribution in [2.75, 3.05) is 33.7 Å². The van der Waals surface area contributed by atoms with E-state index in [9.17, 15) is 4.79 Å². The predicted molar refractivity (Wildman–Crippen MR) is 102 cm³/mol. The lowest BCUT2D eigenvalue weighted by Crippen LogP contribution is -2.40. The second-order valence-corrected chi connectivity index (χ2v) is 6.32. The number of rotatable bonds is 7. The normalized spacial score (nSPS) is 11.0. The van der Waals surface area contributed by atoms with Crippen molar-refractivity contribution >= 4 is 28.2 Å². The molecule has 0 amide bonds. The lowest BCUT2D eigenvalue weighted by Gasteiger charge is -2.24. The maximum absolute atomic E-state index is 12.1. The first-order valence-corrected chi connectivity index (χ1v) is 8.57. The molecule has 0 aliphatic heterocycles. The van der Waals surface area contributed by atoms with Crippen LogP contribution in [0.4, 0.5) is 0 Å². The molecule has 1 heterocycles. The number of H-pyrrole nitrogens is 1. The summed E-state index contributed by atoms with van der Waals surface area (Å²) in [5, 5.41) is 4.56. The van der Waals surface area contributed by atoms with Gasteiger partial charge in [-0.05, 0) is 58.3 Å². The van der Waals surface area contributed by atoms with Crippen LogP contribution in [-0.2, 0) is 6.54 Å². The summed E-state index contributed by atoms with van der Waals surface area (Å²) in [5.41, 5.74) is 0.591. The second-order valence-electron chi connectivity index (χ2n) is 5.93. The fourth-order valence-corrected chi connectivity index (χ4v) is 2.72. The quantitative estimate of drug-likeness (QED) is 0.586. The first-order valence-electron chi connectivity index (χ1n) is 8.16. The van der Waals surface area contributed by atoms with E-state index in [4.69, 9.17) is 12.2 Å². The van der Waals surface area contributed by atoms with Gasteiger partial charge in [0.2, 0.25) is 0 Å². The van der Waals surface area contributed by atoms with Gasteiger partial charge in [-0.2, -0.15) is 0 Å². The zero-order valence-electron chi connectivity index (χ0n) is 14.5. The second kappa shape index (κ2) is 8.75. The van der Waals surface area contributed by atoms with Crippen LogP contribution in [0.1, 0.15) is 19.2 Å².